The first-order chi connectivity index (χ1) is 11.7. The van der Waals surface area contributed by atoms with E-state index >= 15 is 0 Å². The minimum absolute atomic E-state index is 0.0191. The van der Waals surface area contributed by atoms with Crippen LogP contribution in [0.3, 0.4) is 0 Å². The van der Waals surface area contributed by atoms with Crippen molar-refractivity contribution in [2.75, 3.05) is 19.8 Å². The zero-order valence-corrected chi connectivity index (χ0v) is 14.0. The summed E-state index contributed by atoms with van der Waals surface area (Å²) >= 11 is 0. The van der Waals surface area contributed by atoms with Gasteiger partial charge in [0, 0.05) is 38.2 Å². The van der Waals surface area contributed by atoms with Gasteiger partial charge in [0.05, 0.1) is 17.9 Å². The predicted molar refractivity (Wildman–Crippen MR) is 91.2 cm³/mol. The summed E-state index contributed by atoms with van der Waals surface area (Å²) in [5, 5.41) is 7.63. The van der Waals surface area contributed by atoms with E-state index < -0.39 is 0 Å². The van der Waals surface area contributed by atoms with Crippen molar-refractivity contribution in [3.8, 4) is 0 Å². The van der Waals surface area contributed by atoms with Gasteiger partial charge in [-0.3, -0.25) is 9.48 Å². The van der Waals surface area contributed by atoms with Gasteiger partial charge >= 0.3 is 0 Å². The molecule has 126 valence electrons. The van der Waals surface area contributed by atoms with Gasteiger partial charge in [0.1, 0.15) is 0 Å². The summed E-state index contributed by atoms with van der Waals surface area (Å²) in [6, 6.07) is 8.55. The van der Waals surface area contributed by atoms with E-state index in [1.165, 1.54) is 11.1 Å². The number of nitrogens with zero attached hydrogens (tertiary/aromatic N) is 2. The smallest absolute Gasteiger partial charge is 0.254 e. The van der Waals surface area contributed by atoms with Crippen molar-refractivity contribution in [1.29, 1.82) is 0 Å². The SMILES string of the molecule is Cn1cc(C(=O)NC[C@@H]2CCc3ccccc32)c([C@H]2CCOC2)n1. The van der Waals surface area contributed by atoms with E-state index in [-0.39, 0.29) is 11.8 Å². The lowest BCUT2D eigenvalue weighted by molar-refractivity contribution is 0.0949. The standard InChI is InChI=1S/C19H23N3O2/c1-22-11-17(18(21-22)15-8-9-24-12-15)19(23)20-10-14-7-6-13-4-2-3-5-16(13)14/h2-5,11,14-15H,6-10,12H2,1H3,(H,20,23)/t14-,15-/m0/s1. The van der Waals surface area contributed by atoms with Crippen LogP contribution in [-0.4, -0.2) is 35.4 Å². The molecule has 2 aliphatic rings. The minimum Gasteiger partial charge on any atom is -0.381 e. The van der Waals surface area contributed by atoms with Crippen molar-refractivity contribution in [2.45, 2.75) is 31.1 Å². The van der Waals surface area contributed by atoms with E-state index in [2.05, 4.69) is 34.7 Å². The molecule has 0 spiro atoms. The van der Waals surface area contributed by atoms with Crippen LogP contribution < -0.4 is 5.32 Å². The number of carbonyl (C=O) groups is 1. The Morgan fingerprint density at radius 3 is 3.08 bits per heavy atom. The van der Waals surface area contributed by atoms with Crippen molar-refractivity contribution in [2.24, 2.45) is 7.05 Å². The van der Waals surface area contributed by atoms with Crippen molar-refractivity contribution < 1.29 is 9.53 Å². The fraction of sp³-hybridized carbons (Fsp3) is 0.474. The molecule has 0 bridgehead atoms. The topological polar surface area (TPSA) is 56.2 Å². The molecule has 1 aliphatic heterocycles. The predicted octanol–water partition coefficient (Wildman–Crippen LogP) is 2.38. The van der Waals surface area contributed by atoms with Crippen LogP contribution in [0.5, 0.6) is 0 Å². The van der Waals surface area contributed by atoms with Gasteiger partial charge in [-0.1, -0.05) is 24.3 Å². The third-order valence-corrected chi connectivity index (χ3v) is 5.18. The molecule has 1 N–H and O–H groups in total. The van der Waals surface area contributed by atoms with Gasteiger partial charge < -0.3 is 10.1 Å². The highest BCUT2D eigenvalue weighted by atomic mass is 16.5. The molecule has 1 fully saturated rings. The van der Waals surface area contributed by atoms with Gasteiger partial charge in [-0.25, -0.2) is 0 Å². The van der Waals surface area contributed by atoms with E-state index in [0.717, 1.165) is 31.6 Å². The highest BCUT2D eigenvalue weighted by Gasteiger charge is 2.28. The summed E-state index contributed by atoms with van der Waals surface area (Å²) in [5.74, 6) is 0.633. The van der Waals surface area contributed by atoms with Crippen LogP contribution in [0.15, 0.2) is 30.5 Å². The Balaban J connectivity index is 1.46. The summed E-state index contributed by atoms with van der Waals surface area (Å²) in [6.45, 7) is 2.10. The summed E-state index contributed by atoms with van der Waals surface area (Å²) in [5.41, 5.74) is 4.37. The minimum atomic E-state index is -0.0191. The molecule has 4 rings (SSSR count). The molecular weight excluding hydrogens is 302 g/mol. The average Bonchev–Trinajstić information content (AvgIpc) is 3.32. The molecule has 0 saturated carbocycles. The van der Waals surface area contributed by atoms with Crippen LogP contribution in [0.2, 0.25) is 0 Å². The van der Waals surface area contributed by atoms with Gasteiger partial charge in [-0.05, 0) is 30.4 Å². The first kappa shape index (κ1) is 15.4. The second kappa shape index (κ2) is 6.40. The zero-order valence-electron chi connectivity index (χ0n) is 14.0. The molecule has 1 aromatic heterocycles. The van der Waals surface area contributed by atoms with Crippen LogP contribution in [0.25, 0.3) is 0 Å². The molecule has 0 radical (unpaired) electrons. The maximum atomic E-state index is 12.7. The number of aromatic nitrogens is 2. The largest absolute Gasteiger partial charge is 0.381 e. The quantitative estimate of drug-likeness (QED) is 0.939. The van der Waals surface area contributed by atoms with E-state index in [1.807, 2.05) is 13.2 Å². The van der Waals surface area contributed by atoms with Crippen molar-refractivity contribution in [3.05, 3.63) is 52.8 Å². The number of amides is 1. The number of hydrogen-bond donors (Lipinski definition) is 1. The summed E-state index contributed by atoms with van der Waals surface area (Å²) in [6.07, 6.45) is 4.98. The number of ether oxygens (including phenoxy) is 1. The molecule has 0 unspecified atom stereocenters. The van der Waals surface area contributed by atoms with Crippen molar-refractivity contribution in [3.63, 3.8) is 0 Å². The fourth-order valence-electron chi connectivity index (χ4n) is 3.90. The van der Waals surface area contributed by atoms with Crippen molar-refractivity contribution >= 4 is 5.91 Å². The van der Waals surface area contributed by atoms with Gasteiger partial charge in [-0.2, -0.15) is 5.10 Å². The summed E-state index contributed by atoms with van der Waals surface area (Å²) in [7, 11) is 1.86. The first-order valence-corrected chi connectivity index (χ1v) is 8.69. The highest BCUT2D eigenvalue weighted by molar-refractivity contribution is 5.95. The first-order valence-electron chi connectivity index (χ1n) is 8.69. The molecule has 5 nitrogen and oxygen atoms in total. The van der Waals surface area contributed by atoms with Gasteiger partial charge in [0.25, 0.3) is 5.91 Å². The Kier molecular flexibility index (Phi) is 4.10. The molecule has 2 heterocycles. The monoisotopic (exact) mass is 325 g/mol. The Morgan fingerprint density at radius 1 is 1.38 bits per heavy atom. The molecule has 1 saturated heterocycles. The van der Waals surface area contributed by atoms with Crippen LogP contribution in [-0.2, 0) is 18.2 Å². The van der Waals surface area contributed by atoms with Crippen LogP contribution in [0.1, 0.15) is 51.9 Å². The Hall–Kier alpha value is -2.14. The lowest BCUT2D eigenvalue weighted by Gasteiger charge is -2.13. The van der Waals surface area contributed by atoms with Crippen LogP contribution in [0, 0.1) is 0 Å². The molecular formula is C19H23N3O2. The van der Waals surface area contributed by atoms with Crippen LogP contribution in [0.4, 0.5) is 0 Å². The van der Waals surface area contributed by atoms with Gasteiger partial charge in [0.15, 0.2) is 0 Å². The van der Waals surface area contributed by atoms with E-state index in [0.29, 0.717) is 24.6 Å². The molecule has 5 heteroatoms. The lowest BCUT2D eigenvalue weighted by Crippen LogP contribution is -2.28. The maximum Gasteiger partial charge on any atom is 0.254 e. The van der Waals surface area contributed by atoms with Crippen molar-refractivity contribution in [1.82, 2.24) is 15.1 Å². The highest BCUT2D eigenvalue weighted by Crippen LogP contribution is 2.32. The maximum absolute atomic E-state index is 12.7. The van der Waals surface area contributed by atoms with Gasteiger partial charge in [-0.15, -0.1) is 0 Å². The lowest BCUT2D eigenvalue weighted by atomic mass is 9.99. The molecule has 1 amide bonds. The number of rotatable bonds is 4. The molecule has 2 atom stereocenters. The third kappa shape index (κ3) is 2.84. The van der Waals surface area contributed by atoms with Crippen LogP contribution >= 0.6 is 0 Å². The number of fused-ring (bicyclic) bond motifs is 1. The molecule has 1 aromatic carbocycles. The van der Waals surface area contributed by atoms with E-state index in [9.17, 15) is 4.79 Å². The second-order valence-corrected chi connectivity index (χ2v) is 6.81. The Bertz CT molecular complexity index is 747. The average molecular weight is 325 g/mol. The molecule has 24 heavy (non-hydrogen) atoms. The van der Waals surface area contributed by atoms with Gasteiger partial charge in [0.2, 0.25) is 0 Å². The Labute approximate surface area is 142 Å². The summed E-state index contributed by atoms with van der Waals surface area (Å²) in [4.78, 5) is 12.7. The fourth-order valence-corrected chi connectivity index (χ4v) is 3.90. The number of nitrogens with one attached hydrogen (secondary N) is 1. The molecule has 2 aromatic rings. The normalized spacial score (nSPS) is 22.5. The molecule has 1 aliphatic carbocycles. The number of carbonyl (C=O) groups excluding carboxylic acids is 1. The number of hydrogen-bond acceptors (Lipinski definition) is 3. The zero-order chi connectivity index (χ0) is 16.5. The van der Waals surface area contributed by atoms with E-state index in [4.69, 9.17) is 4.74 Å². The summed E-state index contributed by atoms with van der Waals surface area (Å²) < 4.78 is 7.18. The number of aryl methyl sites for hydroxylation is 2. The van der Waals surface area contributed by atoms with E-state index in [1.54, 1.807) is 4.68 Å². The Morgan fingerprint density at radius 2 is 2.25 bits per heavy atom. The number of benzene rings is 1. The second-order valence-electron chi connectivity index (χ2n) is 6.81. The third-order valence-electron chi connectivity index (χ3n) is 5.18.